The van der Waals surface area contributed by atoms with Gasteiger partial charge in [-0.3, -0.25) is 4.90 Å². The molecule has 6 rings (SSSR count). The number of hydrogen-bond donors (Lipinski definition) is 0. The number of benzene rings is 2. The van der Waals surface area contributed by atoms with Gasteiger partial charge in [-0.25, -0.2) is 19.8 Å². The van der Waals surface area contributed by atoms with Gasteiger partial charge < -0.3 is 33.0 Å². The van der Waals surface area contributed by atoms with E-state index >= 15 is 0 Å². The maximum atomic E-state index is 13.2. The third-order valence-corrected chi connectivity index (χ3v) is 10.4. The van der Waals surface area contributed by atoms with E-state index < -0.39 is 0 Å². The summed E-state index contributed by atoms with van der Waals surface area (Å²) in [6.45, 7) is 4.49. The Balaban J connectivity index is 1.41. The number of methoxy groups -OCH3 is 5. The largest absolute Gasteiger partial charge is 0.497 e. The molecular weight excluding hydrogens is 634 g/mol. The molecule has 0 N–H and O–H groups in total. The molecule has 2 aromatic carbocycles. The van der Waals surface area contributed by atoms with E-state index in [1.165, 1.54) is 0 Å². The van der Waals surface area contributed by atoms with Gasteiger partial charge in [-0.05, 0) is 42.0 Å². The number of fused-ring (bicyclic) bond motifs is 2. The molecule has 1 fully saturated rings. The highest BCUT2D eigenvalue weighted by Crippen LogP contribution is 2.51. The molecule has 0 bridgehead atoms. The molecule has 0 aliphatic carbocycles. The Hall–Kier alpha value is -4.39. The predicted octanol–water partition coefficient (Wildman–Crippen LogP) is 5.30. The van der Waals surface area contributed by atoms with Crippen LogP contribution in [0.5, 0.6) is 17.2 Å². The molecule has 4 heterocycles. The second-order valence-corrected chi connectivity index (χ2v) is 13.4. The zero-order valence-electron chi connectivity index (χ0n) is 28.7. The lowest BCUT2D eigenvalue weighted by molar-refractivity contribution is 0.139. The quantitative estimate of drug-likeness (QED) is 0.282. The van der Waals surface area contributed by atoms with Gasteiger partial charge in [0.15, 0.2) is 0 Å². The third-order valence-electron chi connectivity index (χ3n) is 9.23. The van der Waals surface area contributed by atoms with Crippen LogP contribution in [0.4, 0.5) is 4.79 Å². The van der Waals surface area contributed by atoms with Crippen molar-refractivity contribution in [2.24, 2.45) is 23.0 Å². The highest BCUT2D eigenvalue weighted by molar-refractivity contribution is 7.99. The number of carbonyl (C=O) groups excluding carboxylic acids is 1. The molecule has 1 aromatic heterocycles. The van der Waals surface area contributed by atoms with Gasteiger partial charge in [-0.1, -0.05) is 37.7 Å². The highest BCUT2D eigenvalue weighted by atomic mass is 32.2. The molecule has 0 spiro atoms. The van der Waals surface area contributed by atoms with Gasteiger partial charge in [0.25, 0.3) is 0 Å². The van der Waals surface area contributed by atoms with E-state index in [1.54, 1.807) is 47.3 Å². The number of ether oxygens (including phenoxy) is 6. The lowest BCUT2D eigenvalue weighted by Crippen LogP contribution is -2.43. The Morgan fingerprint density at radius 1 is 0.938 bits per heavy atom. The fourth-order valence-electron chi connectivity index (χ4n) is 6.78. The summed E-state index contributed by atoms with van der Waals surface area (Å²) in [4.78, 5) is 30.6. The van der Waals surface area contributed by atoms with Gasteiger partial charge in [0.1, 0.15) is 41.0 Å². The topological polar surface area (TPSA) is 118 Å². The monoisotopic (exact) mass is 677 g/mol. The fraction of sp³-hybridized carbons (Fsp3) is 0.486. The molecule has 1 amide bonds. The summed E-state index contributed by atoms with van der Waals surface area (Å²) in [6, 6.07) is 8.81. The van der Waals surface area contributed by atoms with Crippen LogP contribution in [0.15, 0.2) is 56.6 Å². The highest BCUT2D eigenvalue weighted by Gasteiger charge is 2.46. The number of cyclic esters (lactones) is 1. The van der Waals surface area contributed by atoms with E-state index in [-0.39, 0.29) is 36.2 Å². The Kier molecular flexibility index (Phi) is 9.77. The van der Waals surface area contributed by atoms with E-state index in [9.17, 15) is 4.79 Å². The predicted molar refractivity (Wildman–Crippen MR) is 182 cm³/mol. The lowest BCUT2D eigenvalue weighted by Gasteiger charge is -2.39. The van der Waals surface area contributed by atoms with Crippen LogP contribution in [0.2, 0.25) is 0 Å². The molecule has 4 atom stereocenters. The zero-order chi connectivity index (χ0) is 34.1. The number of aliphatic imine (C=N–C) groups is 2. The Morgan fingerprint density at radius 2 is 1.67 bits per heavy atom. The zero-order valence-corrected chi connectivity index (χ0v) is 29.5. The van der Waals surface area contributed by atoms with Crippen molar-refractivity contribution in [3.63, 3.8) is 0 Å². The maximum absolute atomic E-state index is 13.2. The summed E-state index contributed by atoms with van der Waals surface area (Å²) in [6.07, 6.45) is 3.15. The van der Waals surface area contributed by atoms with Gasteiger partial charge in [0, 0.05) is 25.1 Å². The van der Waals surface area contributed by atoms with Crippen molar-refractivity contribution in [1.82, 2.24) is 14.5 Å². The number of hydrogen-bond acceptors (Lipinski definition) is 11. The fourth-order valence-corrected chi connectivity index (χ4v) is 7.97. The third kappa shape index (κ3) is 6.15. The van der Waals surface area contributed by atoms with Gasteiger partial charge in [-0.2, -0.15) is 0 Å². The van der Waals surface area contributed by atoms with Crippen molar-refractivity contribution in [2.45, 2.75) is 67.2 Å². The SMILES string of the molecule is COC1=N[C@H](Cc2c(Sc3c(OC)cc(OC)c4c3C[C@H]3COC(=O)N3[C@H]4Cc3ccc(OC)cc3)ncn2C)C(OC)=N[C@H]1C(C)C. The van der Waals surface area contributed by atoms with Crippen LogP contribution in [-0.2, 0) is 40.5 Å². The summed E-state index contributed by atoms with van der Waals surface area (Å²) < 4.78 is 36.4. The molecule has 0 saturated carbocycles. The van der Waals surface area contributed by atoms with Crippen LogP contribution in [-0.4, -0.2) is 92.6 Å². The first kappa shape index (κ1) is 33.5. The summed E-state index contributed by atoms with van der Waals surface area (Å²) in [5, 5.41) is 0.812. The smallest absolute Gasteiger partial charge is 0.410 e. The Bertz CT molecular complexity index is 1720. The Morgan fingerprint density at radius 3 is 2.31 bits per heavy atom. The number of nitrogens with zero attached hydrogens (tertiary/aromatic N) is 5. The molecule has 3 aliphatic heterocycles. The van der Waals surface area contributed by atoms with Crippen molar-refractivity contribution in [3.05, 3.63) is 59.0 Å². The normalized spacial score (nSPS) is 21.6. The molecule has 12 nitrogen and oxygen atoms in total. The number of carbonyl (C=O) groups is 1. The molecule has 0 unspecified atom stereocenters. The molecule has 1 saturated heterocycles. The molecule has 3 aromatic rings. The van der Waals surface area contributed by atoms with Gasteiger partial charge in [0.2, 0.25) is 11.8 Å². The van der Waals surface area contributed by atoms with Crippen LogP contribution in [0.25, 0.3) is 0 Å². The summed E-state index contributed by atoms with van der Waals surface area (Å²) in [5.74, 6) is 3.47. The Labute approximate surface area is 285 Å². The summed E-state index contributed by atoms with van der Waals surface area (Å²) >= 11 is 1.54. The minimum absolute atomic E-state index is 0.133. The number of rotatable bonds is 10. The standard InChI is InChI=1S/C35H43N5O7S/c1-19(2)30-33(46-8)37-24(32(38-30)45-7)15-26-34(36-18-39(26)3)48-31-23-14-21-17-47-35(41)40(21)25(13-20-9-11-22(42-4)12-10-20)29(23)27(43-5)16-28(31)44-6/h9-12,16,18-19,21,24-25,30H,13-15,17H2,1-8H3/t21-,24+,25-,30-/m0/s1. The van der Waals surface area contributed by atoms with Crippen molar-refractivity contribution in [1.29, 1.82) is 0 Å². The number of aromatic nitrogens is 2. The minimum atomic E-state index is -0.370. The van der Waals surface area contributed by atoms with Crippen molar-refractivity contribution in [2.75, 3.05) is 42.2 Å². The van der Waals surface area contributed by atoms with Crippen molar-refractivity contribution < 1.29 is 33.2 Å². The van der Waals surface area contributed by atoms with Crippen LogP contribution in [0.1, 0.15) is 42.3 Å². The summed E-state index contributed by atoms with van der Waals surface area (Å²) in [7, 11) is 10.2. The average Bonchev–Trinajstić information content (AvgIpc) is 3.65. The van der Waals surface area contributed by atoms with Gasteiger partial charge in [-0.15, -0.1) is 0 Å². The van der Waals surface area contributed by atoms with E-state index in [0.29, 0.717) is 49.2 Å². The van der Waals surface area contributed by atoms with Crippen LogP contribution in [0.3, 0.4) is 0 Å². The second kappa shape index (κ2) is 14.0. The first-order valence-electron chi connectivity index (χ1n) is 16.0. The first-order chi connectivity index (χ1) is 23.2. The minimum Gasteiger partial charge on any atom is -0.497 e. The molecule has 3 aliphatic rings. The van der Waals surface area contributed by atoms with Crippen LogP contribution < -0.4 is 14.2 Å². The van der Waals surface area contributed by atoms with Crippen LogP contribution >= 0.6 is 11.8 Å². The number of imidazole rings is 1. The molecule has 256 valence electrons. The van der Waals surface area contributed by atoms with Gasteiger partial charge in [0.05, 0.1) is 64.5 Å². The van der Waals surface area contributed by atoms with E-state index in [1.807, 2.05) is 53.2 Å². The van der Waals surface area contributed by atoms with Crippen LogP contribution in [0, 0.1) is 5.92 Å². The van der Waals surface area contributed by atoms with Crippen molar-refractivity contribution in [3.8, 4) is 17.2 Å². The maximum Gasteiger partial charge on any atom is 0.410 e. The summed E-state index contributed by atoms with van der Waals surface area (Å²) in [5.41, 5.74) is 4.03. The average molecular weight is 678 g/mol. The van der Waals surface area contributed by atoms with Crippen molar-refractivity contribution >= 4 is 29.7 Å². The van der Waals surface area contributed by atoms with E-state index in [0.717, 1.165) is 38.1 Å². The number of aryl methyl sites for hydroxylation is 1. The second-order valence-electron chi connectivity index (χ2n) is 12.4. The molecule has 13 heteroatoms. The van der Waals surface area contributed by atoms with E-state index in [2.05, 4.69) is 13.8 Å². The number of amides is 1. The van der Waals surface area contributed by atoms with Gasteiger partial charge >= 0.3 is 6.09 Å². The molecule has 48 heavy (non-hydrogen) atoms. The molecule has 0 radical (unpaired) electrons. The lowest BCUT2D eigenvalue weighted by atomic mass is 9.85. The molecular formula is C35H43N5O7S. The first-order valence-corrected chi connectivity index (χ1v) is 16.8. The van der Waals surface area contributed by atoms with E-state index in [4.69, 9.17) is 43.4 Å².